The van der Waals surface area contributed by atoms with Gasteiger partial charge >= 0.3 is 0 Å². The molecule has 3 heteroatoms. The van der Waals surface area contributed by atoms with E-state index in [1.807, 2.05) is 25.1 Å². The average molecular weight is 254 g/mol. The quantitative estimate of drug-likeness (QED) is 0.891. The van der Waals surface area contributed by atoms with Crippen molar-refractivity contribution >= 4 is 11.6 Å². The Morgan fingerprint density at radius 1 is 1.41 bits per heavy atom. The second-order valence-corrected chi connectivity index (χ2v) is 5.36. The number of hydrogen-bond acceptors (Lipinski definition) is 2. The van der Waals surface area contributed by atoms with E-state index in [0.717, 1.165) is 11.3 Å². The van der Waals surface area contributed by atoms with Crippen molar-refractivity contribution in [1.29, 1.82) is 0 Å². The molecule has 1 saturated carbocycles. The van der Waals surface area contributed by atoms with Gasteiger partial charge in [0.05, 0.1) is 5.02 Å². The Bertz CT molecular complexity index is 374. The zero-order valence-electron chi connectivity index (χ0n) is 10.3. The van der Waals surface area contributed by atoms with Gasteiger partial charge in [-0.05, 0) is 43.4 Å². The molecule has 0 heterocycles. The molecule has 0 amide bonds. The molecule has 1 unspecified atom stereocenters. The van der Waals surface area contributed by atoms with Gasteiger partial charge in [0.2, 0.25) is 0 Å². The second-order valence-electron chi connectivity index (χ2n) is 4.95. The van der Waals surface area contributed by atoms with Gasteiger partial charge in [-0.1, -0.05) is 30.5 Å². The first-order valence-corrected chi connectivity index (χ1v) is 6.69. The van der Waals surface area contributed by atoms with Crippen molar-refractivity contribution in [2.75, 3.05) is 6.61 Å². The molecule has 0 bridgehead atoms. The van der Waals surface area contributed by atoms with Crippen molar-refractivity contribution in [3.05, 3.63) is 28.8 Å². The summed E-state index contributed by atoms with van der Waals surface area (Å²) in [5.74, 6) is 1.37. The van der Waals surface area contributed by atoms with Crippen LogP contribution in [0.1, 0.15) is 31.2 Å². The van der Waals surface area contributed by atoms with Gasteiger partial charge in [-0.2, -0.15) is 0 Å². The van der Waals surface area contributed by atoms with Crippen molar-refractivity contribution in [2.24, 2.45) is 11.7 Å². The van der Waals surface area contributed by atoms with E-state index >= 15 is 0 Å². The molecular formula is C14H20ClNO. The predicted octanol–water partition coefficient (Wildman–Crippen LogP) is 3.54. The minimum absolute atomic E-state index is 0.134. The molecule has 0 aromatic heterocycles. The van der Waals surface area contributed by atoms with Gasteiger partial charge in [0.25, 0.3) is 0 Å². The van der Waals surface area contributed by atoms with Crippen molar-refractivity contribution in [3.63, 3.8) is 0 Å². The van der Waals surface area contributed by atoms with Gasteiger partial charge in [0.1, 0.15) is 12.4 Å². The van der Waals surface area contributed by atoms with Gasteiger partial charge in [-0.15, -0.1) is 0 Å². The van der Waals surface area contributed by atoms with E-state index in [4.69, 9.17) is 22.1 Å². The third-order valence-corrected chi connectivity index (χ3v) is 3.82. The Labute approximate surface area is 108 Å². The molecule has 0 saturated heterocycles. The Kier molecular flexibility index (Phi) is 4.30. The maximum absolute atomic E-state index is 6.14. The van der Waals surface area contributed by atoms with Crippen molar-refractivity contribution in [3.8, 4) is 5.75 Å². The van der Waals surface area contributed by atoms with Crippen LogP contribution in [0.15, 0.2) is 18.2 Å². The normalized spacial score (nSPS) is 18.3. The number of ether oxygens (including phenoxy) is 1. The van der Waals surface area contributed by atoms with Crippen LogP contribution in [0.25, 0.3) is 0 Å². The molecule has 1 aromatic carbocycles. The van der Waals surface area contributed by atoms with Gasteiger partial charge in [0.15, 0.2) is 0 Å². The fraction of sp³-hybridized carbons (Fsp3) is 0.571. The predicted molar refractivity (Wildman–Crippen MR) is 71.6 cm³/mol. The van der Waals surface area contributed by atoms with E-state index in [9.17, 15) is 0 Å². The Balaban J connectivity index is 1.88. The number of halogens is 1. The summed E-state index contributed by atoms with van der Waals surface area (Å²) in [6.45, 7) is 2.58. The SMILES string of the molecule is Cc1ccc(OCC(N)C2CCCC2)c(Cl)c1. The van der Waals surface area contributed by atoms with Crippen LogP contribution in [0.4, 0.5) is 0 Å². The van der Waals surface area contributed by atoms with Gasteiger partial charge in [0, 0.05) is 6.04 Å². The molecule has 0 aliphatic heterocycles. The smallest absolute Gasteiger partial charge is 0.137 e. The summed E-state index contributed by atoms with van der Waals surface area (Å²) in [6.07, 6.45) is 5.10. The molecule has 1 fully saturated rings. The zero-order chi connectivity index (χ0) is 12.3. The highest BCUT2D eigenvalue weighted by atomic mass is 35.5. The summed E-state index contributed by atoms with van der Waals surface area (Å²) < 4.78 is 5.71. The van der Waals surface area contributed by atoms with Gasteiger partial charge in [-0.3, -0.25) is 0 Å². The molecular weight excluding hydrogens is 234 g/mol. The molecule has 1 aliphatic rings. The van der Waals surface area contributed by atoms with Crippen LogP contribution in [-0.4, -0.2) is 12.6 Å². The molecule has 17 heavy (non-hydrogen) atoms. The van der Waals surface area contributed by atoms with Crippen molar-refractivity contribution < 1.29 is 4.74 Å². The van der Waals surface area contributed by atoms with Crippen LogP contribution >= 0.6 is 11.6 Å². The summed E-state index contributed by atoms with van der Waals surface area (Å²) in [5, 5.41) is 0.670. The Morgan fingerprint density at radius 3 is 2.76 bits per heavy atom. The standard InChI is InChI=1S/C14H20ClNO/c1-10-6-7-14(12(15)8-10)17-9-13(16)11-4-2-3-5-11/h6-8,11,13H,2-5,9,16H2,1H3. The van der Waals surface area contributed by atoms with Crippen LogP contribution in [0.3, 0.4) is 0 Å². The van der Waals surface area contributed by atoms with Crippen LogP contribution in [-0.2, 0) is 0 Å². The number of aryl methyl sites for hydroxylation is 1. The molecule has 1 aliphatic carbocycles. The summed E-state index contributed by atoms with van der Waals surface area (Å²) >= 11 is 6.11. The number of rotatable bonds is 4. The van der Waals surface area contributed by atoms with Gasteiger partial charge < -0.3 is 10.5 Å². The first kappa shape index (κ1) is 12.7. The maximum atomic E-state index is 6.14. The summed E-state index contributed by atoms with van der Waals surface area (Å²) in [4.78, 5) is 0. The summed E-state index contributed by atoms with van der Waals surface area (Å²) in [7, 11) is 0. The molecule has 0 spiro atoms. The molecule has 1 aromatic rings. The zero-order valence-corrected chi connectivity index (χ0v) is 11.0. The van der Waals surface area contributed by atoms with Gasteiger partial charge in [-0.25, -0.2) is 0 Å². The summed E-state index contributed by atoms with van der Waals surface area (Å²) in [5.41, 5.74) is 7.28. The second kappa shape index (κ2) is 5.74. The molecule has 0 radical (unpaired) electrons. The van der Waals surface area contributed by atoms with E-state index in [-0.39, 0.29) is 6.04 Å². The molecule has 2 N–H and O–H groups in total. The van der Waals surface area contributed by atoms with E-state index in [0.29, 0.717) is 17.5 Å². The highest BCUT2D eigenvalue weighted by molar-refractivity contribution is 6.32. The third-order valence-electron chi connectivity index (χ3n) is 3.52. The van der Waals surface area contributed by atoms with Crippen LogP contribution in [0.5, 0.6) is 5.75 Å². The summed E-state index contributed by atoms with van der Waals surface area (Å²) in [6, 6.07) is 5.97. The fourth-order valence-electron chi connectivity index (χ4n) is 2.43. The fourth-order valence-corrected chi connectivity index (χ4v) is 2.72. The Morgan fingerprint density at radius 2 is 2.12 bits per heavy atom. The first-order chi connectivity index (χ1) is 8.16. The van der Waals surface area contributed by atoms with Crippen molar-refractivity contribution in [1.82, 2.24) is 0 Å². The lowest BCUT2D eigenvalue weighted by molar-refractivity contribution is 0.247. The Hall–Kier alpha value is -0.730. The topological polar surface area (TPSA) is 35.2 Å². The molecule has 2 nitrogen and oxygen atoms in total. The van der Waals surface area contributed by atoms with E-state index in [1.54, 1.807) is 0 Å². The molecule has 1 atom stereocenters. The van der Waals surface area contributed by atoms with Crippen LogP contribution in [0, 0.1) is 12.8 Å². The molecule has 94 valence electrons. The molecule has 2 rings (SSSR count). The first-order valence-electron chi connectivity index (χ1n) is 6.31. The number of hydrogen-bond donors (Lipinski definition) is 1. The van der Waals surface area contributed by atoms with Crippen molar-refractivity contribution in [2.45, 2.75) is 38.6 Å². The van der Waals surface area contributed by atoms with E-state index in [1.165, 1.54) is 25.7 Å². The average Bonchev–Trinajstić information content (AvgIpc) is 2.81. The largest absolute Gasteiger partial charge is 0.490 e. The van der Waals surface area contributed by atoms with E-state index < -0.39 is 0 Å². The van der Waals surface area contributed by atoms with Crippen LogP contribution < -0.4 is 10.5 Å². The maximum Gasteiger partial charge on any atom is 0.137 e. The lowest BCUT2D eigenvalue weighted by atomic mass is 10.00. The van der Waals surface area contributed by atoms with Crippen LogP contribution in [0.2, 0.25) is 5.02 Å². The number of benzene rings is 1. The minimum Gasteiger partial charge on any atom is -0.490 e. The highest BCUT2D eigenvalue weighted by Gasteiger charge is 2.22. The van der Waals surface area contributed by atoms with E-state index in [2.05, 4.69) is 0 Å². The third kappa shape index (κ3) is 3.36. The minimum atomic E-state index is 0.134. The lowest BCUT2D eigenvalue weighted by Gasteiger charge is -2.19. The number of nitrogens with two attached hydrogens (primary N) is 1. The monoisotopic (exact) mass is 253 g/mol. The lowest BCUT2D eigenvalue weighted by Crippen LogP contribution is -2.34. The highest BCUT2D eigenvalue weighted by Crippen LogP contribution is 2.29.